The molecule has 1 aromatic heterocycles. The summed E-state index contributed by atoms with van der Waals surface area (Å²) in [5.74, 6) is -2.58. The lowest BCUT2D eigenvalue weighted by Gasteiger charge is -2.28. The summed E-state index contributed by atoms with van der Waals surface area (Å²) in [6, 6.07) is 3.12. The molecule has 1 saturated carbocycles. The number of sulfonamides is 1. The van der Waals surface area contributed by atoms with Gasteiger partial charge in [-0.2, -0.15) is 0 Å². The second-order valence-corrected chi connectivity index (χ2v) is 9.69. The maximum atomic E-state index is 14.4. The number of halogens is 3. The molecular weight excluding hydrogens is 440 g/mol. The van der Waals surface area contributed by atoms with Gasteiger partial charge in [-0.15, -0.1) is 0 Å². The lowest BCUT2D eigenvalue weighted by atomic mass is 10.1. The fraction of sp³-hybridized carbons (Fsp3) is 0.368. The number of benzene rings is 1. The maximum absolute atomic E-state index is 14.4. The van der Waals surface area contributed by atoms with Crippen molar-refractivity contribution in [2.75, 3.05) is 17.7 Å². The van der Waals surface area contributed by atoms with E-state index in [-0.39, 0.29) is 5.75 Å². The smallest absolute Gasteiger partial charge is 0.267 e. The van der Waals surface area contributed by atoms with Gasteiger partial charge in [0.1, 0.15) is 17.4 Å². The van der Waals surface area contributed by atoms with E-state index in [0.717, 1.165) is 25.6 Å². The average molecular weight is 458 g/mol. The van der Waals surface area contributed by atoms with Gasteiger partial charge in [0.15, 0.2) is 11.6 Å². The number of piperidine rings is 1. The molecule has 2 heterocycles. The Hall–Kier alpha value is -2.46. The highest BCUT2D eigenvalue weighted by Crippen LogP contribution is 2.42. The van der Waals surface area contributed by atoms with Crippen LogP contribution < -0.4 is 14.4 Å². The summed E-state index contributed by atoms with van der Waals surface area (Å²) in [4.78, 5) is 18.3. The normalized spacial score (nSPS) is 20.5. The van der Waals surface area contributed by atoms with Crippen molar-refractivity contribution >= 4 is 33.3 Å². The molecule has 2 bridgehead atoms. The number of carbonyl (C=O) groups excluding carboxylic acids is 1. The van der Waals surface area contributed by atoms with E-state index < -0.39 is 38.9 Å². The number of aromatic nitrogens is 1. The fourth-order valence-corrected chi connectivity index (χ4v) is 4.71. The van der Waals surface area contributed by atoms with Crippen LogP contribution in [0.15, 0.2) is 24.4 Å². The van der Waals surface area contributed by atoms with Gasteiger partial charge in [-0.05, 0) is 31.2 Å². The predicted octanol–water partition coefficient (Wildman–Crippen LogP) is 3.48. The molecule has 0 radical (unpaired) electrons. The molecule has 2 aliphatic rings. The highest BCUT2D eigenvalue weighted by Gasteiger charge is 2.39. The number of hydrogen-bond donors (Lipinski definition) is 1. The van der Waals surface area contributed by atoms with Crippen LogP contribution in [-0.2, 0) is 10.0 Å². The van der Waals surface area contributed by atoms with Crippen LogP contribution in [0.1, 0.15) is 29.6 Å². The lowest BCUT2D eigenvalue weighted by Crippen LogP contribution is -2.32. The van der Waals surface area contributed by atoms with Crippen LogP contribution >= 0.6 is 11.6 Å². The fourth-order valence-electron chi connectivity index (χ4n) is 4.00. The van der Waals surface area contributed by atoms with E-state index in [0.29, 0.717) is 34.9 Å². The van der Waals surface area contributed by atoms with Gasteiger partial charge in [0.2, 0.25) is 10.0 Å². The van der Waals surface area contributed by atoms with Gasteiger partial charge in [0.25, 0.3) is 5.91 Å². The average Bonchev–Trinajstić information content (AvgIpc) is 3.26. The van der Waals surface area contributed by atoms with Gasteiger partial charge in [-0.3, -0.25) is 4.79 Å². The zero-order valence-corrected chi connectivity index (χ0v) is 17.4. The van der Waals surface area contributed by atoms with Crippen LogP contribution in [0.3, 0.4) is 0 Å². The number of ether oxygens (including phenoxy) is 1. The largest absolute Gasteiger partial charge is 0.452 e. The molecular formula is C19H18ClF2N3O4S. The van der Waals surface area contributed by atoms with Crippen molar-refractivity contribution < 1.29 is 26.7 Å². The minimum Gasteiger partial charge on any atom is -0.452 e. The van der Waals surface area contributed by atoms with Crippen molar-refractivity contribution in [2.45, 2.75) is 25.3 Å². The number of amides is 1. The van der Waals surface area contributed by atoms with E-state index in [1.165, 1.54) is 18.7 Å². The third-order valence-electron chi connectivity index (χ3n) is 5.25. The van der Waals surface area contributed by atoms with Crippen molar-refractivity contribution in [2.24, 2.45) is 5.92 Å². The van der Waals surface area contributed by atoms with Gasteiger partial charge in [0.05, 0.1) is 23.0 Å². The molecule has 0 spiro atoms. The van der Waals surface area contributed by atoms with Gasteiger partial charge >= 0.3 is 0 Å². The predicted molar refractivity (Wildman–Crippen MR) is 106 cm³/mol. The van der Waals surface area contributed by atoms with E-state index in [9.17, 15) is 22.0 Å². The molecule has 2 fully saturated rings. The Labute approximate surface area is 177 Å². The summed E-state index contributed by atoms with van der Waals surface area (Å²) in [6.45, 7) is 0.897. The molecule has 2 atom stereocenters. The number of anilines is 1. The first-order valence-electron chi connectivity index (χ1n) is 9.22. The van der Waals surface area contributed by atoms with Crippen LogP contribution in [0.5, 0.6) is 11.5 Å². The van der Waals surface area contributed by atoms with Crippen LogP contribution in [0.25, 0.3) is 0 Å². The Bertz CT molecular complexity index is 1130. The number of nitrogens with one attached hydrogen (secondary N) is 1. The summed E-state index contributed by atoms with van der Waals surface area (Å²) >= 11 is 6.35. The Morgan fingerprint density at radius 1 is 1.27 bits per heavy atom. The zero-order valence-electron chi connectivity index (χ0n) is 15.9. The van der Waals surface area contributed by atoms with E-state index in [1.807, 2.05) is 0 Å². The van der Waals surface area contributed by atoms with Gasteiger partial charge in [0, 0.05) is 24.7 Å². The Morgan fingerprint density at radius 3 is 2.63 bits per heavy atom. The van der Waals surface area contributed by atoms with Crippen LogP contribution in [-0.4, -0.2) is 38.2 Å². The Kier molecular flexibility index (Phi) is 5.31. The molecule has 1 aliphatic heterocycles. The van der Waals surface area contributed by atoms with Crippen LogP contribution in [0.4, 0.5) is 14.6 Å². The van der Waals surface area contributed by atoms with E-state index in [4.69, 9.17) is 16.3 Å². The summed E-state index contributed by atoms with van der Waals surface area (Å²) < 4.78 is 57.8. The molecule has 1 aromatic carbocycles. The van der Waals surface area contributed by atoms with Gasteiger partial charge in [-0.1, -0.05) is 11.6 Å². The van der Waals surface area contributed by atoms with Crippen molar-refractivity contribution in [3.05, 3.63) is 46.6 Å². The van der Waals surface area contributed by atoms with Crippen molar-refractivity contribution in [3.8, 4) is 11.5 Å². The third kappa shape index (κ3) is 4.20. The number of rotatable bonds is 5. The quantitative estimate of drug-likeness (QED) is 0.739. The highest BCUT2D eigenvalue weighted by atomic mass is 35.5. The molecule has 30 heavy (non-hydrogen) atoms. The third-order valence-corrected chi connectivity index (χ3v) is 6.08. The first kappa shape index (κ1) is 20.8. The molecule has 160 valence electrons. The van der Waals surface area contributed by atoms with Crippen molar-refractivity contribution in [3.63, 3.8) is 0 Å². The standard InChI is InChI=1S/C19H18ClF2N3O4S/c1-30(27,28)24-19(26)13-6-16(22)17(7-15(13)21)29-12-5-14(20)18(23-8-12)25-9-10-2-3-11(25)4-10/h5-8,10-11H,2-4,9H2,1H3,(H,24,26)/t10-,11+/m0/s1. The number of carbonyl (C=O) groups is 1. The van der Waals surface area contributed by atoms with Crippen molar-refractivity contribution in [1.82, 2.24) is 9.71 Å². The molecule has 1 amide bonds. The molecule has 4 rings (SSSR count). The second-order valence-electron chi connectivity index (χ2n) is 7.53. The zero-order chi connectivity index (χ0) is 21.6. The second kappa shape index (κ2) is 7.66. The Morgan fingerprint density at radius 2 is 2.03 bits per heavy atom. The molecule has 2 aromatic rings. The van der Waals surface area contributed by atoms with E-state index in [1.54, 1.807) is 4.72 Å². The van der Waals surface area contributed by atoms with Crippen LogP contribution in [0, 0.1) is 17.6 Å². The molecule has 7 nitrogen and oxygen atoms in total. The molecule has 1 aliphatic carbocycles. The molecule has 1 N–H and O–H groups in total. The minimum absolute atomic E-state index is 0.0970. The number of fused-ring (bicyclic) bond motifs is 2. The molecule has 0 unspecified atom stereocenters. The summed E-state index contributed by atoms with van der Waals surface area (Å²) in [7, 11) is -3.93. The number of pyridine rings is 1. The highest BCUT2D eigenvalue weighted by molar-refractivity contribution is 7.89. The lowest BCUT2D eigenvalue weighted by molar-refractivity contribution is 0.0977. The first-order chi connectivity index (χ1) is 14.1. The minimum atomic E-state index is -3.93. The molecule has 1 saturated heterocycles. The summed E-state index contributed by atoms with van der Waals surface area (Å²) in [5, 5.41) is 0.338. The first-order valence-corrected chi connectivity index (χ1v) is 11.5. The summed E-state index contributed by atoms with van der Waals surface area (Å²) in [6.07, 6.45) is 5.53. The van der Waals surface area contributed by atoms with Crippen molar-refractivity contribution in [1.29, 1.82) is 0 Å². The van der Waals surface area contributed by atoms with Gasteiger partial charge in [-0.25, -0.2) is 26.9 Å². The maximum Gasteiger partial charge on any atom is 0.267 e. The summed E-state index contributed by atoms with van der Waals surface area (Å²) in [5.41, 5.74) is -0.763. The van der Waals surface area contributed by atoms with E-state index >= 15 is 0 Å². The van der Waals surface area contributed by atoms with Crippen LogP contribution in [0.2, 0.25) is 5.02 Å². The monoisotopic (exact) mass is 457 g/mol. The Balaban J connectivity index is 1.53. The number of hydrogen-bond acceptors (Lipinski definition) is 6. The molecule has 11 heteroatoms. The SMILES string of the molecule is CS(=O)(=O)NC(=O)c1cc(F)c(Oc2cnc(N3C[C@H]4CC[C@@H]3C4)c(Cl)c2)cc1F. The van der Waals surface area contributed by atoms with Gasteiger partial charge < -0.3 is 9.64 Å². The topological polar surface area (TPSA) is 88.6 Å². The van der Waals surface area contributed by atoms with E-state index in [2.05, 4.69) is 9.88 Å². The number of nitrogens with zero attached hydrogens (tertiary/aromatic N) is 2.